The molecule has 29 heavy (non-hydrogen) atoms. The molecule has 1 N–H and O–H groups in total. The van der Waals surface area contributed by atoms with Gasteiger partial charge in [-0.15, -0.1) is 12.4 Å². The molecule has 0 aliphatic rings. The molecule has 0 aromatic heterocycles. The summed E-state index contributed by atoms with van der Waals surface area (Å²) in [7, 11) is 0. The minimum atomic E-state index is 0. The first-order valence-corrected chi connectivity index (χ1v) is 10.9. The second-order valence-corrected chi connectivity index (χ2v) is 7.61. The van der Waals surface area contributed by atoms with Gasteiger partial charge in [-0.25, -0.2) is 0 Å². The highest BCUT2D eigenvalue weighted by molar-refractivity contribution is 6.32. The minimum Gasteiger partial charge on any atom is -0.490 e. The number of unbranched alkanes of at least 4 members (excludes halogenated alkanes) is 4. The summed E-state index contributed by atoms with van der Waals surface area (Å²) in [5.41, 5.74) is 3.46. The Bertz CT molecular complexity index is 705. The molecular weight excluding hydrogens is 405 g/mol. The van der Waals surface area contributed by atoms with Crippen molar-refractivity contribution in [1.82, 2.24) is 5.32 Å². The second-order valence-electron chi connectivity index (χ2n) is 7.20. The van der Waals surface area contributed by atoms with Crippen LogP contribution >= 0.6 is 24.0 Å². The summed E-state index contributed by atoms with van der Waals surface area (Å²) >= 11 is 6.53. The highest BCUT2D eigenvalue weighted by atomic mass is 35.5. The van der Waals surface area contributed by atoms with Gasteiger partial charge in [0.25, 0.3) is 0 Å². The number of benzene rings is 2. The smallest absolute Gasteiger partial charge is 0.180 e. The minimum absolute atomic E-state index is 0. The first-order chi connectivity index (χ1) is 13.6. The van der Waals surface area contributed by atoms with Crippen molar-refractivity contribution in [3.05, 3.63) is 58.1 Å². The zero-order valence-electron chi connectivity index (χ0n) is 17.9. The van der Waals surface area contributed by atoms with Crippen LogP contribution in [-0.2, 0) is 13.2 Å². The summed E-state index contributed by atoms with van der Waals surface area (Å²) in [6.45, 7) is 9.14. The topological polar surface area (TPSA) is 30.5 Å². The van der Waals surface area contributed by atoms with Crippen LogP contribution < -0.4 is 14.8 Å². The van der Waals surface area contributed by atoms with Crippen LogP contribution in [0.4, 0.5) is 0 Å². The average Bonchev–Trinajstić information content (AvgIpc) is 2.68. The van der Waals surface area contributed by atoms with E-state index in [9.17, 15) is 0 Å². The molecule has 0 fully saturated rings. The van der Waals surface area contributed by atoms with E-state index in [1.54, 1.807) is 0 Å². The number of rotatable bonds is 13. The van der Waals surface area contributed by atoms with Gasteiger partial charge in [0.1, 0.15) is 6.61 Å². The molecule has 0 heterocycles. The third-order valence-electron chi connectivity index (χ3n) is 4.66. The lowest BCUT2D eigenvalue weighted by molar-refractivity contribution is 0.269. The third kappa shape index (κ3) is 9.29. The average molecular weight is 440 g/mol. The van der Waals surface area contributed by atoms with Gasteiger partial charge < -0.3 is 14.8 Å². The van der Waals surface area contributed by atoms with E-state index in [4.69, 9.17) is 21.1 Å². The van der Waals surface area contributed by atoms with E-state index in [1.807, 2.05) is 19.1 Å². The van der Waals surface area contributed by atoms with Gasteiger partial charge in [0.15, 0.2) is 11.5 Å². The Morgan fingerprint density at radius 2 is 1.62 bits per heavy atom. The Labute approximate surface area is 187 Å². The zero-order valence-corrected chi connectivity index (χ0v) is 19.5. The lowest BCUT2D eigenvalue weighted by atomic mass is 10.1. The van der Waals surface area contributed by atoms with Gasteiger partial charge in [-0.2, -0.15) is 0 Å². The van der Waals surface area contributed by atoms with E-state index in [-0.39, 0.29) is 12.4 Å². The van der Waals surface area contributed by atoms with E-state index in [0.717, 1.165) is 24.2 Å². The number of ether oxygens (including phenoxy) is 2. The summed E-state index contributed by atoms with van der Waals surface area (Å²) < 4.78 is 11.8. The normalized spacial score (nSPS) is 10.5. The predicted molar refractivity (Wildman–Crippen MR) is 126 cm³/mol. The molecule has 0 bridgehead atoms. The van der Waals surface area contributed by atoms with Crippen LogP contribution in [0.3, 0.4) is 0 Å². The summed E-state index contributed by atoms with van der Waals surface area (Å²) in [6.07, 6.45) is 6.44. The number of hydrogen-bond donors (Lipinski definition) is 1. The van der Waals surface area contributed by atoms with Crippen LogP contribution in [0.25, 0.3) is 0 Å². The largest absolute Gasteiger partial charge is 0.490 e. The zero-order chi connectivity index (χ0) is 20.2. The Morgan fingerprint density at radius 1 is 0.897 bits per heavy atom. The molecule has 0 aliphatic heterocycles. The van der Waals surface area contributed by atoms with E-state index in [0.29, 0.717) is 29.7 Å². The van der Waals surface area contributed by atoms with Crippen molar-refractivity contribution < 1.29 is 9.47 Å². The number of hydrogen-bond acceptors (Lipinski definition) is 3. The number of aryl methyl sites for hydroxylation is 1. The fraction of sp³-hybridized carbons (Fsp3) is 0.500. The van der Waals surface area contributed by atoms with Crippen molar-refractivity contribution in [1.29, 1.82) is 0 Å². The van der Waals surface area contributed by atoms with Crippen molar-refractivity contribution in [3.8, 4) is 11.5 Å². The second kappa shape index (κ2) is 14.5. The van der Waals surface area contributed by atoms with Gasteiger partial charge in [-0.3, -0.25) is 0 Å². The molecule has 3 nitrogen and oxygen atoms in total. The Balaban J connectivity index is 0.00000420. The molecule has 2 aromatic rings. The number of nitrogens with one attached hydrogen (secondary N) is 1. The SMILES string of the molecule is CCCCCCCNCc1cc(Cl)c(OCc2ccc(C)cc2)c(OCC)c1.Cl. The maximum atomic E-state index is 6.53. The maximum Gasteiger partial charge on any atom is 0.180 e. The fourth-order valence-corrected chi connectivity index (χ4v) is 3.34. The van der Waals surface area contributed by atoms with Crippen LogP contribution in [0.1, 0.15) is 62.6 Å². The van der Waals surface area contributed by atoms with Crippen LogP contribution in [0, 0.1) is 6.92 Å². The lowest BCUT2D eigenvalue weighted by Crippen LogP contribution is -2.15. The summed E-state index contributed by atoms with van der Waals surface area (Å²) in [4.78, 5) is 0. The Hall–Kier alpha value is -1.42. The first-order valence-electron chi connectivity index (χ1n) is 10.5. The predicted octanol–water partition coefficient (Wildman–Crippen LogP) is 7.11. The van der Waals surface area contributed by atoms with Crippen LogP contribution in [0.2, 0.25) is 5.02 Å². The Kier molecular flexibility index (Phi) is 12.8. The van der Waals surface area contributed by atoms with Crippen molar-refractivity contribution in [2.45, 2.75) is 66.0 Å². The van der Waals surface area contributed by atoms with Crippen LogP contribution in [0.5, 0.6) is 11.5 Å². The molecule has 0 amide bonds. The van der Waals surface area contributed by atoms with E-state index in [2.05, 4.69) is 43.4 Å². The van der Waals surface area contributed by atoms with Gasteiger partial charge in [-0.1, -0.05) is 74.0 Å². The van der Waals surface area contributed by atoms with Crippen LogP contribution in [-0.4, -0.2) is 13.2 Å². The third-order valence-corrected chi connectivity index (χ3v) is 4.94. The van der Waals surface area contributed by atoms with Crippen LogP contribution in [0.15, 0.2) is 36.4 Å². The summed E-state index contributed by atoms with van der Waals surface area (Å²) in [5, 5.41) is 4.10. The molecule has 0 saturated carbocycles. The monoisotopic (exact) mass is 439 g/mol. The molecule has 2 aromatic carbocycles. The summed E-state index contributed by atoms with van der Waals surface area (Å²) in [5.74, 6) is 1.33. The molecule has 0 saturated heterocycles. The molecule has 0 unspecified atom stereocenters. The first kappa shape index (κ1) is 25.6. The maximum absolute atomic E-state index is 6.53. The lowest BCUT2D eigenvalue weighted by Gasteiger charge is -2.16. The van der Waals surface area contributed by atoms with Crippen molar-refractivity contribution in [2.24, 2.45) is 0 Å². The van der Waals surface area contributed by atoms with Gasteiger partial charge in [-0.05, 0) is 50.1 Å². The van der Waals surface area contributed by atoms with Gasteiger partial charge in [0, 0.05) is 6.54 Å². The highest BCUT2D eigenvalue weighted by Gasteiger charge is 2.13. The fourth-order valence-electron chi connectivity index (χ4n) is 3.05. The number of halogens is 2. The van der Waals surface area contributed by atoms with Crippen molar-refractivity contribution >= 4 is 24.0 Å². The molecule has 0 spiro atoms. The van der Waals surface area contributed by atoms with Crippen molar-refractivity contribution in [3.63, 3.8) is 0 Å². The highest BCUT2D eigenvalue weighted by Crippen LogP contribution is 2.37. The van der Waals surface area contributed by atoms with Crippen molar-refractivity contribution in [2.75, 3.05) is 13.2 Å². The molecule has 0 atom stereocenters. The van der Waals surface area contributed by atoms with Gasteiger partial charge in [0.05, 0.1) is 11.6 Å². The quantitative estimate of drug-likeness (QED) is 0.337. The Morgan fingerprint density at radius 3 is 2.31 bits per heavy atom. The van der Waals surface area contributed by atoms with Gasteiger partial charge in [0.2, 0.25) is 0 Å². The molecular formula is C24H35Cl2NO2. The molecule has 162 valence electrons. The summed E-state index contributed by atoms with van der Waals surface area (Å²) in [6, 6.07) is 12.3. The molecule has 5 heteroatoms. The molecule has 0 aliphatic carbocycles. The van der Waals surface area contributed by atoms with E-state index < -0.39 is 0 Å². The molecule has 0 radical (unpaired) electrons. The standard InChI is InChI=1S/C24H34ClNO2.ClH/c1-4-6-7-8-9-14-26-17-21-15-22(25)24(23(16-21)27-5-2)28-18-20-12-10-19(3)11-13-20;/h10-13,15-16,26H,4-9,14,17-18H2,1-3H3;1H. The van der Waals surface area contributed by atoms with E-state index in [1.165, 1.54) is 37.7 Å². The molecule has 2 rings (SSSR count). The van der Waals surface area contributed by atoms with E-state index >= 15 is 0 Å². The van der Waals surface area contributed by atoms with Gasteiger partial charge >= 0.3 is 0 Å².